The van der Waals surface area contributed by atoms with Crippen LogP contribution in [0, 0.1) is 0 Å². The first-order valence-corrected chi connectivity index (χ1v) is 9.50. The highest BCUT2D eigenvalue weighted by Gasteiger charge is 2.28. The second kappa shape index (κ2) is 6.82. The molecule has 0 bridgehead atoms. The second-order valence-corrected chi connectivity index (χ2v) is 8.16. The van der Waals surface area contributed by atoms with E-state index in [9.17, 15) is 4.79 Å². The zero-order chi connectivity index (χ0) is 19.0. The molecular weight excluding hydrogens is 336 g/mol. The monoisotopic (exact) mass is 362 g/mol. The molecule has 0 atom stereocenters. The molecule has 0 aliphatic carbocycles. The van der Waals surface area contributed by atoms with Crippen molar-refractivity contribution in [2.75, 3.05) is 26.2 Å². The van der Waals surface area contributed by atoms with E-state index in [-0.39, 0.29) is 11.4 Å². The number of nitrogens with zero attached hydrogens (tertiary/aromatic N) is 3. The molecule has 0 radical (unpaired) electrons. The van der Waals surface area contributed by atoms with E-state index in [2.05, 4.69) is 47.8 Å². The Kier molecular flexibility index (Phi) is 4.48. The molecule has 27 heavy (non-hydrogen) atoms. The molecule has 1 saturated heterocycles. The number of hydrogen-bond acceptors (Lipinski definition) is 3. The fraction of sp³-hybridized carbons (Fsp3) is 0.364. The lowest BCUT2D eigenvalue weighted by atomic mass is 10.0. The molecule has 5 heteroatoms. The van der Waals surface area contributed by atoms with E-state index in [1.165, 1.54) is 0 Å². The van der Waals surface area contributed by atoms with Gasteiger partial charge in [0.1, 0.15) is 0 Å². The molecule has 5 nitrogen and oxygen atoms in total. The summed E-state index contributed by atoms with van der Waals surface area (Å²) in [7, 11) is 0. The Bertz CT molecular complexity index is 944. The van der Waals surface area contributed by atoms with Gasteiger partial charge in [-0.25, -0.2) is 4.98 Å². The van der Waals surface area contributed by atoms with Gasteiger partial charge in [-0.15, -0.1) is 0 Å². The minimum absolute atomic E-state index is 0.123. The van der Waals surface area contributed by atoms with Crippen molar-refractivity contribution < 1.29 is 4.79 Å². The molecule has 1 aromatic heterocycles. The van der Waals surface area contributed by atoms with Gasteiger partial charge in [0.15, 0.2) is 0 Å². The van der Waals surface area contributed by atoms with Crippen LogP contribution >= 0.6 is 0 Å². The standard InChI is InChI=1S/C22H26N4O/c1-22(2,3)26-12-10-25(11-13-26)21(27)17-6-4-16(5-7-17)18-8-9-19-20(14-18)24-15-23-19/h4-9,14-15H,10-13H2,1-3H3,(H,23,24). The van der Waals surface area contributed by atoms with Crippen molar-refractivity contribution in [1.82, 2.24) is 19.8 Å². The molecule has 1 amide bonds. The smallest absolute Gasteiger partial charge is 0.253 e. The third-order valence-corrected chi connectivity index (χ3v) is 5.40. The second-order valence-electron chi connectivity index (χ2n) is 8.16. The first kappa shape index (κ1) is 17.7. The van der Waals surface area contributed by atoms with Crippen LogP contribution in [0.3, 0.4) is 0 Å². The van der Waals surface area contributed by atoms with Gasteiger partial charge >= 0.3 is 0 Å². The minimum atomic E-state index is 0.123. The number of hydrogen-bond donors (Lipinski definition) is 1. The summed E-state index contributed by atoms with van der Waals surface area (Å²) in [5, 5.41) is 0. The predicted molar refractivity (Wildman–Crippen MR) is 109 cm³/mol. The quantitative estimate of drug-likeness (QED) is 0.755. The molecule has 0 spiro atoms. The lowest BCUT2D eigenvalue weighted by Crippen LogP contribution is -2.54. The summed E-state index contributed by atoms with van der Waals surface area (Å²) in [5.74, 6) is 0.123. The summed E-state index contributed by atoms with van der Waals surface area (Å²) in [6.07, 6.45) is 1.70. The third-order valence-electron chi connectivity index (χ3n) is 5.40. The van der Waals surface area contributed by atoms with Crippen molar-refractivity contribution in [3.05, 3.63) is 54.4 Å². The highest BCUT2D eigenvalue weighted by molar-refractivity contribution is 5.95. The largest absolute Gasteiger partial charge is 0.345 e. The average Bonchev–Trinajstić information content (AvgIpc) is 3.15. The molecule has 1 aliphatic heterocycles. The van der Waals surface area contributed by atoms with Gasteiger partial charge in [-0.2, -0.15) is 0 Å². The first-order chi connectivity index (χ1) is 12.9. The van der Waals surface area contributed by atoms with Gasteiger partial charge in [-0.3, -0.25) is 9.69 Å². The topological polar surface area (TPSA) is 52.2 Å². The van der Waals surface area contributed by atoms with E-state index < -0.39 is 0 Å². The van der Waals surface area contributed by atoms with Crippen LogP contribution in [0.25, 0.3) is 22.2 Å². The predicted octanol–water partition coefficient (Wildman–Crippen LogP) is 3.79. The Balaban J connectivity index is 1.46. The molecule has 1 N–H and O–H groups in total. The van der Waals surface area contributed by atoms with Crippen molar-refractivity contribution in [2.45, 2.75) is 26.3 Å². The summed E-state index contributed by atoms with van der Waals surface area (Å²) in [6, 6.07) is 14.1. The number of carbonyl (C=O) groups excluding carboxylic acids is 1. The van der Waals surface area contributed by atoms with Crippen molar-refractivity contribution in [3.63, 3.8) is 0 Å². The summed E-state index contributed by atoms with van der Waals surface area (Å²) < 4.78 is 0. The third kappa shape index (κ3) is 3.60. The van der Waals surface area contributed by atoms with E-state index >= 15 is 0 Å². The van der Waals surface area contributed by atoms with E-state index in [0.29, 0.717) is 0 Å². The normalized spacial score (nSPS) is 16.0. The van der Waals surface area contributed by atoms with Crippen LogP contribution in [0.5, 0.6) is 0 Å². The van der Waals surface area contributed by atoms with Gasteiger partial charge in [-0.05, 0) is 56.2 Å². The number of benzene rings is 2. The number of rotatable bonds is 2. The Morgan fingerprint density at radius 3 is 2.30 bits per heavy atom. The molecule has 4 rings (SSSR count). The Hall–Kier alpha value is -2.66. The number of aromatic nitrogens is 2. The van der Waals surface area contributed by atoms with Crippen molar-refractivity contribution in [3.8, 4) is 11.1 Å². The highest BCUT2D eigenvalue weighted by Crippen LogP contribution is 2.24. The van der Waals surface area contributed by atoms with Gasteiger partial charge in [-0.1, -0.05) is 18.2 Å². The van der Waals surface area contributed by atoms with Crippen molar-refractivity contribution in [2.24, 2.45) is 0 Å². The van der Waals surface area contributed by atoms with Gasteiger partial charge in [0.2, 0.25) is 0 Å². The van der Waals surface area contributed by atoms with Crippen LogP contribution in [0.15, 0.2) is 48.8 Å². The lowest BCUT2D eigenvalue weighted by Gasteiger charge is -2.42. The van der Waals surface area contributed by atoms with Crippen LogP contribution in [-0.2, 0) is 0 Å². The maximum atomic E-state index is 12.8. The molecule has 0 unspecified atom stereocenters. The van der Waals surface area contributed by atoms with Crippen LogP contribution in [-0.4, -0.2) is 57.4 Å². The van der Waals surface area contributed by atoms with E-state index in [1.54, 1.807) is 6.33 Å². The van der Waals surface area contributed by atoms with Gasteiger partial charge in [0.05, 0.1) is 17.4 Å². The molecule has 140 valence electrons. The summed E-state index contributed by atoms with van der Waals surface area (Å²) >= 11 is 0. The fourth-order valence-corrected chi connectivity index (χ4v) is 3.68. The number of H-pyrrole nitrogens is 1. The van der Waals surface area contributed by atoms with Crippen LogP contribution in [0.1, 0.15) is 31.1 Å². The molecule has 3 aromatic rings. The molecule has 1 fully saturated rings. The zero-order valence-corrected chi connectivity index (χ0v) is 16.2. The fourth-order valence-electron chi connectivity index (χ4n) is 3.68. The van der Waals surface area contributed by atoms with E-state index in [0.717, 1.165) is 53.9 Å². The molecule has 2 aromatic carbocycles. The zero-order valence-electron chi connectivity index (χ0n) is 16.2. The molecular formula is C22H26N4O. The van der Waals surface area contributed by atoms with E-state index in [1.807, 2.05) is 35.2 Å². The number of nitrogens with one attached hydrogen (secondary N) is 1. The van der Waals surface area contributed by atoms with Crippen LogP contribution in [0.4, 0.5) is 0 Å². The number of carbonyl (C=O) groups is 1. The lowest BCUT2D eigenvalue weighted by molar-refractivity contribution is 0.0451. The van der Waals surface area contributed by atoms with Gasteiger partial charge in [0.25, 0.3) is 5.91 Å². The SMILES string of the molecule is CC(C)(C)N1CCN(C(=O)c2ccc(-c3ccc4[nH]cnc4c3)cc2)CC1. The molecule has 1 aliphatic rings. The number of piperazine rings is 1. The van der Waals surface area contributed by atoms with Crippen molar-refractivity contribution in [1.29, 1.82) is 0 Å². The maximum absolute atomic E-state index is 12.8. The number of amides is 1. The number of imidazole rings is 1. The molecule has 2 heterocycles. The highest BCUT2D eigenvalue weighted by atomic mass is 16.2. The Morgan fingerprint density at radius 2 is 1.63 bits per heavy atom. The molecule has 0 saturated carbocycles. The summed E-state index contributed by atoms with van der Waals surface area (Å²) in [5.41, 5.74) is 5.08. The van der Waals surface area contributed by atoms with Crippen LogP contribution in [0.2, 0.25) is 0 Å². The maximum Gasteiger partial charge on any atom is 0.253 e. The van der Waals surface area contributed by atoms with Gasteiger partial charge in [0, 0.05) is 37.3 Å². The summed E-state index contributed by atoms with van der Waals surface area (Å²) in [6.45, 7) is 10.1. The first-order valence-electron chi connectivity index (χ1n) is 9.50. The number of aromatic amines is 1. The van der Waals surface area contributed by atoms with Crippen LogP contribution < -0.4 is 0 Å². The van der Waals surface area contributed by atoms with Crippen molar-refractivity contribution >= 4 is 16.9 Å². The average molecular weight is 362 g/mol. The minimum Gasteiger partial charge on any atom is -0.345 e. The van der Waals surface area contributed by atoms with E-state index in [4.69, 9.17) is 0 Å². The number of fused-ring (bicyclic) bond motifs is 1. The Morgan fingerprint density at radius 1 is 0.963 bits per heavy atom. The summed E-state index contributed by atoms with van der Waals surface area (Å²) in [4.78, 5) is 24.7. The van der Waals surface area contributed by atoms with Gasteiger partial charge < -0.3 is 9.88 Å². The Labute approximate surface area is 160 Å².